The zero-order valence-corrected chi connectivity index (χ0v) is 52.2. The summed E-state index contributed by atoms with van der Waals surface area (Å²) in [6.45, 7) is 18.8. The van der Waals surface area contributed by atoms with Crippen molar-refractivity contribution >= 4 is 70.6 Å². The number of rotatable bonds is 36. The van der Waals surface area contributed by atoms with Crippen molar-refractivity contribution in [3.05, 3.63) is 35.9 Å². The quantitative estimate of drug-likeness (QED) is 0.0432. The van der Waals surface area contributed by atoms with Crippen LogP contribution in [0.2, 0.25) is 0 Å². The summed E-state index contributed by atoms with van der Waals surface area (Å²) >= 11 is 0. The number of Topliss-reactive ketones (excluding diaryl/α,β-unsaturated/α-hetero) is 3. The molecule has 23 nitrogen and oxygen atoms in total. The van der Waals surface area contributed by atoms with Crippen LogP contribution in [0.4, 0.5) is 0 Å². The van der Waals surface area contributed by atoms with Crippen LogP contribution in [0.15, 0.2) is 30.3 Å². The Bertz CT molecular complexity index is 2410. The van der Waals surface area contributed by atoms with Gasteiger partial charge in [0.05, 0.1) is 43.2 Å². The number of esters is 1. The summed E-state index contributed by atoms with van der Waals surface area (Å²) < 4.78 is 5.74. The van der Waals surface area contributed by atoms with Crippen LogP contribution in [0.25, 0.3) is 0 Å². The molecule has 11 N–H and O–H groups in total. The van der Waals surface area contributed by atoms with Crippen LogP contribution in [0.1, 0.15) is 172 Å². The van der Waals surface area contributed by atoms with Crippen molar-refractivity contribution in [1.82, 2.24) is 37.2 Å². The van der Waals surface area contributed by atoms with E-state index in [-0.39, 0.29) is 31.1 Å². The number of hydrogen-bond donors (Lipinski definition) is 10. The molecule has 0 bridgehead atoms. The van der Waals surface area contributed by atoms with Crippen molar-refractivity contribution in [2.24, 2.45) is 53.1 Å². The number of aliphatic hydroxyl groups is 2. The lowest BCUT2D eigenvalue weighted by atomic mass is 9.83. The van der Waals surface area contributed by atoms with Crippen LogP contribution >= 0.6 is 0 Å². The zero-order valence-electron chi connectivity index (χ0n) is 52.2. The van der Waals surface area contributed by atoms with Crippen LogP contribution in [-0.4, -0.2) is 142 Å². The van der Waals surface area contributed by atoms with Gasteiger partial charge in [-0.1, -0.05) is 138 Å². The molecule has 0 aromatic heterocycles. The predicted molar refractivity (Wildman–Crippen MR) is 318 cm³/mol. The SMILES string of the molecule is CCCC[C@@H]1NC(=O)[C@H](C)NC(=O)[C@H](NC(=O)[C@H](CO)CC(=O)[C@@H](NC(=O)[C@H](CC(=O)[C@@H](CCC(N)=O)NC(=O)[C@H](CO)CC(=O)[C@@H](NC(=O)[C@H](CC)Cc2ccccc2)[C@@H](C)CC)[C@H](C)CC)[C@@H](C)CC)[C@H](C)OC(=O)[C@H]([C@@H](C)CC)NC1=O. The molecule has 1 heterocycles. The van der Waals surface area contributed by atoms with Crippen LogP contribution in [0.3, 0.4) is 0 Å². The third-order valence-corrected chi connectivity index (χ3v) is 16.8. The normalized spacial score (nSPS) is 21.6. The van der Waals surface area contributed by atoms with E-state index < -0.39 is 187 Å². The topological polar surface area (TPSA) is 365 Å². The summed E-state index contributed by atoms with van der Waals surface area (Å²) in [6.07, 6.45) is 0.318. The first kappa shape index (κ1) is 74.5. The third kappa shape index (κ3) is 23.6. The van der Waals surface area contributed by atoms with Crippen LogP contribution in [0, 0.1) is 47.3 Å². The molecular weight excluding hydrogens is 1100 g/mol. The third-order valence-electron chi connectivity index (χ3n) is 16.8. The number of nitrogens with one attached hydrogen (secondary N) is 7. The maximum atomic E-state index is 14.5. The van der Waals surface area contributed by atoms with Gasteiger partial charge in [-0.3, -0.25) is 52.7 Å². The second kappa shape index (κ2) is 37.7. The predicted octanol–water partition coefficient (Wildman–Crippen LogP) is 2.97. The van der Waals surface area contributed by atoms with Gasteiger partial charge in [0, 0.05) is 37.5 Å². The molecular formula is C62H100N8O15. The smallest absolute Gasteiger partial charge is 0.329 e. The number of amides is 8. The molecule has 0 aliphatic carbocycles. The molecule has 1 aliphatic heterocycles. The van der Waals surface area contributed by atoms with Gasteiger partial charge in [0.1, 0.15) is 30.3 Å². The molecule has 478 valence electrons. The lowest BCUT2D eigenvalue weighted by Crippen LogP contribution is -2.59. The van der Waals surface area contributed by atoms with Crippen LogP contribution in [0.5, 0.6) is 0 Å². The van der Waals surface area contributed by atoms with E-state index in [1.165, 1.54) is 13.8 Å². The number of carbonyl (C=O) groups is 12. The van der Waals surface area contributed by atoms with E-state index in [0.717, 1.165) is 5.56 Å². The van der Waals surface area contributed by atoms with E-state index in [2.05, 4.69) is 37.2 Å². The number of hydrogen-bond acceptors (Lipinski definition) is 15. The van der Waals surface area contributed by atoms with Crippen molar-refractivity contribution in [3.63, 3.8) is 0 Å². The molecule has 0 spiro atoms. The fourth-order valence-corrected chi connectivity index (χ4v) is 9.97. The molecule has 0 unspecified atom stereocenters. The Morgan fingerprint density at radius 1 is 0.612 bits per heavy atom. The second-order valence-corrected chi connectivity index (χ2v) is 23.3. The molecule has 8 amide bonds. The maximum Gasteiger partial charge on any atom is 0.329 e. The molecule has 1 saturated heterocycles. The molecule has 1 aromatic carbocycles. The van der Waals surface area contributed by atoms with Crippen molar-refractivity contribution in [2.75, 3.05) is 13.2 Å². The molecule has 0 radical (unpaired) electrons. The summed E-state index contributed by atoms with van der Waals surface area (Å²) in [5, 5.41) is 39.7. The Labute approximate surface area is 502 Å². The van der Waals surface area contributed by atoms with Gasteiger partial charge < -0.3 is 57.9 Å². The maximum absolute atomic E-state index is 14.5. The van der Waals surface area contributed by atoms with E-state index >= 15 is 0 Å². The highest BCUT2D eigenvalue weighted by Crippen LogP contribution is 2.25. The van der Waals surface area contributed by atoms with E-state index in [1.54, 1.807) is 48.5 Å². The van der Waals surface area contributed by atoms with Crippen LogP contribution in [-0.2, 0) is 68.7 Å². The second-order valence-electron chi connectivity index (χ2n) is 23.3. The Balaban J connectivity index is 2.40. The average molecular weight is 1200 g/mol. The van der Waals surface area contributed by atoms with Gasteiger partial charge in [-0.2, -0.15) is 0 Å². The zero-order chi connectivity index (χ0) is 64.2. The Hall–Kier alpha value is -6.62. The van der Waals surface area contributed by atoms with Gasteiger partial charge >= 0.3 is 5.97 Å². The van der Waals surface area contributed by atoms with Gasteiger partial charge in [-0.05, 0) is 68.8 Å². The number of nitrogens with two attached hydrogens (primary N) is 1. The van der Waals surface area contributed by atoms with Crippen molar-refractivity contribution in [3.8, 4) is 0 Å². The average Bonchev–Trinajstić information content (AvgIpc) is 3.83. The number of ether oxygens (including phenoxy) is 1. The highest BCUT2D eigenvalue weighted by atomic mass is 16.5. The number of primary amides is 1. The molecule has 1 aliphatic rings. The van der Waals surface area contributed by atoms with Gasteiger partial charge in [0.2, 0.25) is 47.3 Å². The summed E-state index contributed by atoms with van der Waals surface area (Å²) in [4.78, 5) is 166. The molecule has 85 heavy (non-hydrogen) atoms. The number of unbranched alkanes of at least 4 members (excludes halogenated alkanes) is 1. The van der Waals surface area contributed by atoms with Gasteiger partial charge in [0.15, 0.2) is 17.3 Å². The molecule has 1 fully saturated rings. The van der Waals surface area contributed by atoms with Crippen molar-refractivity contribution in [2.45, 2.75) is 221 Å². The van der Waals surface area contributed by atoms with E-state index in [4.69, 9.17) is 10.5 Å². The van der Waals surface area contributed by atoms with Gasteiger partial charge in [-0.15, -0.1) is 0 Å². The highest BCUT2D eigenvalue weighted by Gasteiger charge is 2.41. The Morgan fingerprint density at radius 3 is 1.66 bits per heavy atom. The standard InChI is InChI=1S/C62H100N8O15/c1-13-19-25-46-60(82)69-53(37(10)17-5)62(84)85-39(12)54(61(83)64-38(11)55(77)66-46)70-58(80)43(33-72)30-49(75)52(36(9)16-4)68-59(81)44(34(7)14-2)31-47(73)45(26-27-50(63)76)65-57(79)42(32-71)29-48(74)51(35(8)15-3)67-56(78)41(18-6)28-40-23-21-20-22-24-40/h20-24,34-39,41-46,51-54,71-72H,13-19,25-33H2,1-12H3,(H2,63,76)(H,64,83)(H,65,79)(H,66,77)(H,67,78)(H,68,81)(H,69,82)(H,70,80)/t34-,35+,36+,37+,38+,39+,41-,42+,43+,44-,45-,46+,51+,52+,53+,54-/m1/s1. The molecule has 0 saturated carbocycles. The minimum Gasteiger partial charge on any atom is -0.458 e. The van der Waals surface area contributed by atoms with E-state index in [1.807, 2.05) is 51.1 Å². The fraction of sp³-hybridized carbons (Fsp3) is 0.710. The van der Waals surface area contributed by atoms with Crippen molar-refractivity contribution < 1.29 is 72.5 Å². The molecule has 16 atom stereocenters. The molecule has 2 rings (SSSR count). The summed E-state index contributed by atoms with van der Waals surface area (Å²) in [6, 6.07) is 0.563. The lowest BCUT2D eigenvalue weighted by Gasteiger charge is -2.30. The van der Waals surface area contributed by atoms with Gasteiger partial charge in [0.25, 0.3) is 0 Å². The molecule has 23 heteroatoms. The minimum atomic E-state index is -1.68. The van der Waals surface area contributed by atoms with Gasteiger partial charge in [-0.25, -0.2) is 4.79 Å². The largest absolute Gasteiger partial charge is 0.458 e. The highest BCUT2D eigenvalue weighted by molar-refractivity contribution is 5.99. The number of benzene rings is 1. The summed E-state index contributed by atoms with van der Waals surface area (Å²) in [5.41, 5.74) is 6.44. The number of aliphatic hydroxyl groups excluding tert-OH is 2. The number of carbonyl (C=O) groups excluding carboxylic acids is 12. The minimum absolute atomic E-state index is 0.245. The summed E-state index contributed by atoms with van der Waals surface area (Å²) in [5.74, 6) is -15.2. The van der Waals surface area contributed by atoms with Crippen LogP contribution < -0.4 is 43.0 Å². The van der Waals surface area contributed by atoms with Crippen molar-refractivity contribution in [1.29, 1.82) is 0 Å². The Morgan fingerprint density at radius 2 is 1.15 bits per heavy atom. The monoisotopic (exact) mass is 1200 g/mol. The number of ketones is 3. The first-order valence-electron chi connectivity index (χ1n) is 30.6. The Kier molecular flexibility index (Phi) is 33.1. The number of cyclic esters (lactones) is 1. The van der Waals surface area contributed by atoms with E-state index in [9.17, 15) is 67.7 Å². The first-order chi connectivity index (χ1) is 40.2. The lowest BCUT2D eigenvalue weighted by molar-refractivity contribution is -0.157. The van der Waals surface area contributed by atoms with E-state index in [0.29, 0.717) is 51.4 Å². The molecule has 1 aromatic rings. The fourth-order valence-electron chi connectivity index (χ4n) is 9.97. The summed E-state index contributed by atoms with van der Waals surface area (Å²) in [7, 11) is 0. The first-order valence-corrected chi connectivity index (χ1v) is 30.6.